The molecule has 4 rings (SSSR count). The molecule has 9 nitrogen and oxygen atoms in total. The van der Waals surface area contributed by atoms with Gasteiger partial charge >= 0.3 is 5.69 Å². The lowest BCUT2D eigenvalue weighted by Gasteiger charge is -2.33. The molecule has 1 aliphatic carbocycles. The third kappa shape index (κ3) is 8.30. The average Bonchev–Trinajstić information content (AvgIpc) is 2.98. The van der Waals surface area contributed by atoms with Crippen molar-refractivity contribution < 1.29 is 24.0 Å². The van der Waals surface area contributed by atoms with Crippen LogP contribution in [0, 0.1) is 17.0 Å². The van der Waals surface area contributed by atoms with E-state index in [0.717, 1.165) is 42.4 Å². The minimum Gasteiger partial charge on any atom is -0.490 e. The van der Waals surface area contributed by atoms with Crippen molar-refractivity contribution in [3.63, 3.8) is 0 Å². The lowest BCUT2D eigenvalue weighted by atomic mass is 9.94. The van der Waals surface area contributed by atoms with Crippen LogP contribution in [0.15, 0.2) is 72.8 Å². The maximum Gasteiger partial charge on any atom is 0.311 e. The largest absolute Gasteiger partial charge is 0.490 e. The first-order chi connectivity index (χ1) is 19.8. The van der Waals surface area contributed by atoms with E-state index in [9.17, 15) is 19.7 Å². The van der Waals surface area contributed by atoms with Gasteiger partial charge in [0.2, 0.25) is 11.7 Å². The molecule has 0 aromatic heterocycles. The van der Waals surface area contributed by atoms with E-state index >= 15 is 0 Å². The van der Waals surface area contributed by atoms with E-state index in [2.05, 4.69) is 5.32 Å². The lowest BCUT2D eigenvalue weighted by Crippen LogP contribution is -2.53. The molecular weight excluding hydrogens is 522 g/mol. The Kier molecular flexibility index (Phi) is 10.3. The highest BCUT2D eigenvalue weighted by molar-refractivity contribution is 5.88. The Morgan fingerprint density at radius 2 is 1.73 bits per heavy atom. The number of amides is 2. The second kappa shape index (κ2) is 14.3. The summed E-state index contributed by atoms with van der Waals surface area (Å²) in [5, 5.41) is 14.5. The van der Waals surface area contributed by atoms with E-state index in [0.29, 0.717) is 6.42 Å². The highest BCUT2D eigenvalue weighted by Gasteiger charge is 2.32. The molecule has 1 aliphatic rings. The standard InChI is InChI=1S/C32H37N3O6/c1-23-10-9-13-25(18-23)21-34(31(36)22-41-27-16-17-28(35(38)39)30(20-27)40-2)29(19-24-11-5-3-6-12-24)32(37)33-26-14-7-4-8-15-26/h3,5-6,9-13,16-18,20,26,29H,4,7-8,14-15,19,21-22H2,1-2H3,(H,33,37)/t29-/m1/s1. The Morgan fingerprint density at radius 1 is 1.00 bits per heavy atom. The number of nitrogens with one attached hydrogen (secondary N) is 1. The molecule has 216 valence electrons. The summed E-state index contributed by atoms with van der Waals surface area (Å²) in [6, 6.07) is 20.9. The van der Waals surface area contributed by atoms with Crippen LogP contribution in [-0.2, 0) is 22.6 Å². The highest BCUT2D eigenvalue weighted by atomic mass is 16.6. The fourth-order valence-electron chi connectivity index (χ4n) is 5.23. The van der Waals surface area contributed by atoms with Crippen LogP contribution < -0.4 is 14.8 Å². The maximum atomic E-state index is 13.9. The summed E-state index contributed by atoms with van der Waals surface area (Å²) in [6.07, 6.45) is 5.53. The van der Waals surface area contributed by atoms with Gasteiger partial charge in [-0.15, -0.1) is 0 Å². The molecule has 0 radical (unpaired) electrons. The zero-order chi connectivity index (χ0) is 29.2. The van der Waals surface area contributed by atoms with Gasteiger partial charge in [-0.3, -0.25) is 19.7 Å². The van der Waals surface area contributed by atoms with Crippen LogP contribution in [0.5, 0.6) is 11.5 Å². The number of carbonyl (C=O) groups excluding carboxylic acids is 2. The number of rotatable bonds is 12. The fraction of sp³-hybridized carbons (Fsp3) is 0.375. The molecule has 3 aromatic carbocycles. The molecule has 0 saturated heterocycles. The lowest BCUT2D eigenvalue weighted by molar-refractivity contribution is -0.385. The van der Waals surface area contributed by atoms with Gasteiger partial charge in [-0.05, 0) is 37.0 Å². The van der Waals surface area contributed by atoms with Crippen molar-refractivity contribution in [2.75, 3.05) is 13.7 Å². The van der Waals surface area contributed by atoms with Crippen molar-refractivity contribution in [3.8, 4) is 11.5 Å². The van der Waals surface area contributed by atoms with Gasteiger partial charge in [0, 0.05) is 31.1 Å². The van der Waals surface area contributed by atoms with Crippen LogP contribution in [0.25, 0.3) is 0 Å². The zero-order valence-electron chi connectivity index (χ0n) is 23.6. The van der Waals surface area contributed by atoms with Crippen LogP contribution in [0.4, 0.5) is 5.69 Å². The normalized spacial score (nSPS) is 14.1. The van der Waals surface area contributed by atoms with E-state index in [-0.39, 0.29) is 48.2 Å². The quantitative estimate of drug-likeness (QED) is 0.236. The van der Waals surface area contributed by atoms with Gasteiger partial charge in [0.05, 0.1) is 12.0 Å². The van der Waals surface area contributed by atoms with Gasteiger partial charge in [-0.25, -0.2) is 0 Å². The molecule has 0 unspecified atom stereocenters. The average molecular weight is 560 g/mol. The smallest absolute Gasteiger partial charge is 0.311 e. The topological polar surface area (TPSA) is 111 Å². The second-order valence-electron chi connectivity index (χ2n) is 10.4. The summed E-state index contributed by atoms with van der Waals surface area (Å²) < 4.78 is 10.9. The number of methoxy groups -OCH3 is 1. The van der Waals surface area contributed by atoms with Gasteiger partial charge in [-0.2, -0.15) is 0 Å². The van der Waals surface area contributed by atoms with Crippen molar-refractivity contribution in [1.29, 1.82) is 0 Å². The summed E-state index contributed by atoms with van der Waals surface area (Å²) in [4.78, 5) is 40.0. The van der Waals surface area contributed by atoms with E-state index in [1.54, 1.807) is 4.90 Å². The first-order valence-electron chi connectivity index (χ1n) is 14.0. The highest BCUT2D eigenvalue weighted by Crippen LogP contribution is 2.31. The molecule has 3 aromatic rings. The minimum atomic E-state index is -0.762. The van der Waals surface area contributed by atoms with Gasteiger partial charge in [0.15, 0.2) is 6.61 Å². The molecular formula is C32H37N3O6. The molecule has 0 bridgehead atoms. The predicted octanol–water partition coefficient (Wildman–Crippen LogP) is 5.38. The Hall–Kier alpha value is -4.40. The molecule has 9 heteroatoms. The Bertz CT molecular complexity index is 1340. The molecule has 2 amide bonds. The first kappa shape index (κ1) is 29.6. The van der Waals surface area contributed by atoms with Gasteiger partial charge in [0.25, 0.3) is 5.91 Å². The third-order valence-electron chi connectivity index (χ3n) is 7.37. The fourth-order valence-corrected chi connectivity index (χ4v) is 5.23. The van der Waals surface area contributed by atoms with E-state index in [1.165, 1.54) is 31.7 Å². The van der Waals surface area contributed by atoms with Gasteiger partial charge in [-0.1, -0.05) is 79.4 Å². The summed E-state index contributed by atoms with van der Waals surface area (Å²) in [7, 11) is 1.33. The summed E-state index contributed by atoms with van der Waals surface area (Å²) in [5.74, 6) is -0.268. The van der Waals surface area contributed by atoms with Gasteiger partial charge in [0.1, 0.15) is 11.8 Å². The van der Waals surface area contributed by atoms with Gasteiger partial charge < -0.3 is 19.7 Å². The minimum absolute atomic E-state index is 0.0328. The van der Waals surface area contributed by atoms with Crippen molar-refractivity contribution in [1.82, 2.24) is 10.2 Å². The number of ether oxygens (including phenoxy) is 2. The number of aryl methyl sites for hydroxylation is 1. The summed E-state index contributed by atoms with van der Waals surface area (Å²) in [6.45, 7) is 1.86. The number of hydrogen-bond acceptors (Lipinski definition) is 6. The summed E-state index contributed by atoms with van der Waals surface area (Å²) >= 11 is 0. The monoisotopic (exact) mass is 559 g/mol. The number of nitro benzene ring substituents is 1. The molecule has 0 aliphatic heterocycles. The van der Waals surface area contributed by atoms with E-state index in [4.69, 9.17) is 9.47 Å². The number of carbonyl (C=O) groups is 2. The van der Waals surface area contributed by atoms with Crippen molar-refractivity contribution in [3.05, 3.63) is 99.6 Å². The van der Waals surface area contributed by atoms with E-state index in [1.807, 2.05) is 61.5 Å². The number of nitro groups is 1. The molecule has 1 fully saturated rings. The van der Waals surface area contributed by atoms with E-state index < -0.39 is 11.0 Å². The van der Waals surface area contributed by atoms with Crippen molar-refractivity contribution in [2.45, 2.75) is 64.1 Å². The molecule has 41 heavy (non-hydrogen) atoms. The molecule has 1 atom stereocenters. The van der Waals surface area contributed by atoms with Crippen molar-refractivity contribution in [2.24, 2.45) is 0 Å². The Balaban J connectivity index is 1.61. The summed E-state index contributed by atoms with van der Waals surface area (Å²) in [5.41, 5.74) is 2.70. The zero-order valence-corrected chi connectivity index (χ0v) is 23.6. The number of benzene rings is 3. The first-order valence-corrected chi connectivity index (χ1v) is 14.0. The van der Waals surface area contributed by atoms with Crippen LogP contribution in [0.1, 0.15) is 48.8 Å². The number of hydrogen-bond donors (Lipinski definition) is 1. The SMILES string of the molecule is COc1cc(OCC(=O)N(Cc2cccc(C)c2)[C@H](Cc2ccccc2)C(=O)NC2CCCCC2)ccc1[N+](=O)[O-]. The number of nitrogens with zero attached hydrogens (tertiary/aromatic N) is 2. The predicted molar refractivity (Wildman–Crippen MR) is 156 cm³/mol. The van der Waals surface area contributed by atoms with Crippen LogP contribution >= 0.6 is 0 Å². The second-order valence-corrected chi connectivity index (χ2v) is 10.4. The molecule has 0 heterocycles. The van der Waals surface area contributed by atoms with Crippen LogP contribution in [0.3, 0.4) is 0 Å². The molecule has 0 spiro atoms. The maximum absolute atomic E-state index is 13.9. The van der Waals surface area contributed by atoms with Crippen molar-refractivity contribution >= 4 is 17.5 Å². The Labute approximate surface area is 240 Å². The molecule has 1 saturated carbocycles. The van der Waals surface area contributed by atoms with Crippen LogP contribution in [0.2, 0.25) is 0 Å². The van der Waals surface area contributed by atoms with Crippen LogP contribution in [-0.4, -0.2) is 47.4 Å². The molecule has 1 N–H and O–H groups in total. The third-order valence-corrected chi connectivity index (χ3v) is 7.37. The Morgan fingerprint density at radius 3 is 2.41 bits per heavy atom.